The molecule has 0 unspecified atom stereocenters. The minimum absolute atomic E-state index is 0.401. The summed E-state index contributed by atoms with van der Waals surface area (Å²) in [5.74, 6) is 0. The molecule has 0 amide bonds. The zero-order valence-electron chi connectivity index (χ0n) is 22.6. The van der Waals surface area contributed by atoms with Gasteiger partial charge in [0.15, 0.2) is 0 Å². The Morgan fingerprint density at radius 1 is 0.625 bits per heavy atom. The van der Waals surface area contributed by atoms with Crippen molar-refractivity contribution in [3.8, 4) is 11.1 Å². The maximum Gasteiger partial charge on any atom is 0.496 e. The molecule has 0 N–H and O–H groups in total. The van der Waals surface area contributed by atoms with Crippen molar-refractivity contribution in [3.05, 3.63) is 78.9 Å². The van der Waals surface area contributed by atoms with Crippen LogP contribution in [0.2, 0.25) is 0 Å². The van der Waals surface area contributed by atoms with Gasteiger partial charge in [-0.15, -0.1) is 22.7 Å². The molecule has 1 aliphatic heterocycles. The maximum atomic E-state index is 7.01. The highest BCUT2D eigenvalue weighted by atomic mass is 32.1. The Hall–Kier alpha value is -3.42. The zero-order chi connectivity index (χ0) is 27.0. The van der Waals surface area contributed by atoms with E-state index >= 15 is 0 Å². The first-order valence-corrected chi connectivity index (χ1v) is 15.3. The Bertz CT molecular complexity index is 2270. The molecule has 8 aromatic rings. The van der Waals surface area contributed by atoms with Crippen molar-refractivity contribution in [2.24, 2.45) is 0 Å². The third kappa shape index (κ3) is 2.97. The third-order valence-corrected chi connectivity index (χ3v) is 11.4. The van der Waals surface area contributed by atoms with Gasteiger partial charge in [0.2, 0.25) is 0 Å². The van der Waals surface area contributed by atoms with Gasteiger partial charge < -0.3 is 13.7 Å². The summed E-state index contributed by atoms with van der Waals surface area (Å²) in [6.45, 7) is 8.44. The van der Waals surface area contributed by atoms with E-state index in [-0.39, 0.29) is 0 Å². The fraction of sp³-hybridized carbons (Fsp3) is 0.176. The summed E-state index contributed by atoms with van der Waals surface area (Å²) in [6, 6.07) is 28.4. The van der Waals surface area contributed by atoms with Gasteiger partial charge in [-0.1, -0.05) is 48.5 Å². The van der Waals surface area contributed by atoms with Crippen LogP contribution in [-0.2, 0) is 9.31 Å². The Labute approximate surface area is 239 Å². The molecular weight excluding hydrogens is 531 g/mol. The van der Waals surface area contributed by atoms with Crippen LogP contribution in [0.15, 0.2) is 83.3 Å². The fourth-order valence-electron chi connectivity index (χ4n) is 6.31. The quantitative estimate of drug-likeness (QED) is 0.199. The average molecular weight is 557 g/mol. The average Bonchev–Trinajstić information content (AvgIpc) is 3.52. The second-order valence-electron chi connectivity index (χ2n) is 11.9. The molecular formula is C34H25BO3S2. The van der Waals surface area contributed by atoms with E-state index in [9.17, 15) is 0 Å². The van der Waals surface area contributed by atoms with Crippen molar-refractivity contribution in [2.75, 3.05) is 0 Å². The van der Waals surface area contributed by atoms with Crippen molar-refractivity contribution in [1.82, 2.24) is 0 Å². The highest BCUT2D eigenvalue weighted by molar-refractivity contribution is 7.29. The lowest BCUT2D eigenvalue weighted by molar-refractivity contribution is 0.00578. The molecule has 9 rings (SSSR count). The summed E-state index contributed by atoms with van der Waals surface area (Å²) in [4.78, 5) is 0. The van der Waals surface area contributed by atoms with Crippen LogP contribution in [0, 0.1) is 0 Å². The summed E-state index contributed by atoms with van der Waals surface area (Å²) in [7, 11) is -0.426. The fourth-order valence-corrected chi connectivity index (χ4v) is 8.72. The molecule has 3 nitrogen and oxygen atoms in total. The Balaban J connectivity index is 1.41. The van der Waals surface area contributed by atoms with Crippen molar-refractivity contribution >= 4 is 97.5 Å². The molecule has 6 heteroatoms. The molecule has 0 aliphatic carbocycles. The minimum Gasteiger partial charge on any atom is -0.455 e. The molecule has 1 saturated heterocycles. The molecule has 0 bridgehead atoms. The summed E-state index contributed by atoms with van der Waals surface area (Å²) < 4.78 is 25.0. The summed E-state index contributed by atoms with van der Waals surface area (Å²) in [6.07, 6.45) is 0. The van der Waals surface area contributed by atoms with Gasteiger partial charge in [0, 0.05) is 51.2 Å². The van der Waals surface area contributed by atoms with Gasteiger partial charge in [-0.05, 0) is 74.5 Å². The van der Waals surface area contributed by atoms with Crippen LogP contribution in [0.5, 0.6) is 0 Å². The number of thiophene rings is 2. The molecule has 1 fully saturated rings. The number of rotatable bonds is 2. The lowest BCUT2D eigenvalue weighted by atomic mass is 9.78. The van der Waals surface area contributed by atoms with E-state index in [1.54, 1.807) is 0 Å². The summed E-state index contributed by atoms with van der Waals surface area (Å²) >= 11 is 3.67. The van der Waals surface area contributed by atoms with E-state index in [2.05, 4.69) is 107 Å². The first kappa shape index (κ1) is 23.3. The van der Waals surface area contributed by atoms with Gasteiger partial charge in [-0.2, -0.15) is 0 Å². The van der Waals surface area contributed by atoms with Crippen LogP contribution in [0.3, 0.4) is 0 Å². The molecule has 0 atom stereocenters. The molecule has 0 saturated carbocycles. The van der Waals surface area contributed by atoms with Gasteiger partial charge in [-0.25, -0.2) is 0 Å². The first-order valence-electron chi connectivity index (χ1n) is 13.7. The molecule has 5 aromatic carbocycles. The van der Waals surface area contributed by atoms with Gasteiger partial charge in [0.05, 0.1) is 11.2 Å². The van der Waals surface area contributed by atoms with Gasteiger partial charge >= 0.3 is 7.12 Å². The lowest BCUT2D eigenvalue weighted by Gasteiger charge is -2.32. The molecule has 0 radical (unpaired) electrons. The lowest BCUT2D eigenvalue weighted by Crippen LogP contribution is -2.41. The number of hydrogen-bond acceptors (Lipinski definition) is 5. The first-order chi connectivity index (χ1) is 19.3. The van der Waals surface area contributed by atoms with E-state index in [1.807, 2.05) is 22.7 Å². The monoisotopic (exact) mass is 556 g/mol. The summed E-state index contributed by atoms with van der Waals surface area (Å²) in [5.41, 5.74) is 4.52. The Morgan fingerprint density at radius 2 is 1.35 bits per heavy atom. The molecule has 40 heavy (non-hydrogen) atoms. The van der Waals surface area contributed by atoms with Gasteiger partial charge in [0.25, 0.3) is 0 Å². The Kier molecular flexibility index (Phi) is 4.46. The second-order valence-corrected chi connectivity index (χ2v) is 14.1. The molecule has 4 heterocycles. The van der Waals surface area contributed by atoms with E-state index in [0.29, 0.717) is 0 Å². The predicted molar refractivity (Wildman–Crippen MR) is 172 cm³/mol. The van der Waals surface area contributed by atoms with Crippen LogP contribution in [0.1, 0.15) is 27.7 Å². The van der Waals surface area contributed by atoms with Crippen molar-refractivity contribution in [3.63, 3.8) is 0 Å². The SMILES string of the molecule is CC1(C)OB(c2ccc3oc4c5cc(-c6ccccc6)ccc5cc5sc6ccc7sc2c3c7c6c54)OC1(C)C. The van der Waals surface area contributed by atoms with E-state index in [1.165, 1.54) is 56.9 Å². The highest BCUT2D eigenvalue weighted by Crippen LogP contribution is 2.50. The standard InChI is InChI=1S/C34H25BO3S2/c1-33(2)34(3,4)38-35(37-33)22-12-13-23-27-28-25(40-32(22)27)15-14-24-29(28)30-26(39-24)17-20-11-10-19(16-21(20)31(30)36-23)18-8-6-5-7-9-18/h5-17H,1-4H3. The predicted octanol–water partition coefficient (Wildman–Crippen LogP) is 9.73. The summed E-state index contributed by atoms with van der Waals surface area (Å²) in [5, 5.41) is 7.31. The number of benzene rings is 5. The van der Waals surface area contributed by atoms with Crippen LogP contribution >= 0.6 is 22.7 Å². The van der Waals surface area contributed by atoms with Gasteiger partial charge in [-0.3, -0.25) is 0 Å². The molecule has 194 valence electrons. The van der Waals surface area contributed by atoms with Gasteiger partial charge in [0.1, 0.15) is 11.2 Å². The highest BCUT2D eigenvalue weighted by Gasteiger charge is 2.52. The molecule has 0 spiro atoms. The maximum absolute atomic E-state index is 7.01. The number of hydrogen-bond donors (Lipinski definition) is 0. The Morgan fingerprint density at radius 3 is 2.12 bits per heavy atom. The molecule has 1 aliphatic rings. The smallest absolute Gasteiger partial charge is 0.455 e. The van der Waals surface area contributed by atoms with Crippen LogP contribution in [0.4, 0.5) is 0 Å². The van der Waals surface area contributed by atoms with E-state index in [0.717, 1.165) is 22.0 Å². The minimum atomic E-state index is -0.426. The number of fused-ring (bicyclic) bond motifs is 2. The van der Waals surface area contributed by atoms with E-state index in [4.69, 9.17) is 13.7 Å². The van der Waals surface area contributed by atoms with Crippen molar-refractivity contribution < 1.29 is 13.7 Å². The largest absolute Gasteiger partial charge is 0.496 e. The van der Waals surface area contributed by atoms with Crippen molar-refractivity contribution in [2.45, 2.75) is 38.9 Å². The van der Waals surface area contributed by atoms with Crippen LogP contribution in [0.25, 0.3) is 73.4 Å². The second kappa shape index (κ2) is 7.65. The molecule has 3 aromatic heterocycles. The topological polar surface area (TPSA) is 31.6 Å². The van der Waals surface area contributed by atoms with Crippen molar-refractivity contribution in [1.29, 1.82) is 0 Å². The van der Waals surface area contributed by atoms with E-state index < -0.39 is 18.3 Å². The van der Waals surface area contributed by atoms with Crippen LogP contribution < -0.4 is 5.46 Å². The third-order valence-electron chi connectivity index (χ3n) is 9.10. The normalized spacial score (nSPS) is 17.1. The van der Waals surface area contributed by atoms with Crippen LogP contribution in [-0.4, -0.2) is 18.3 Å². The zero-order valence-corrected chi connectivity index (χ0v) is 24.3.